The number of hydrogen-bond acceptors (Lipinski definition) is 5. The lowest BCUT2D eigenvalue weighted by Gasteiger charge is -2.33. The number of carbonyl (C=O) groups excluding carboxylic acids is 2. The zero-order valence-corrected chi connectivity index (χ0v) is 19.8. The summed E-state index contributed by atoms with van der Waals surface area (Å²) >= 11 is 0. The Labute approximate surface area is 203 Å². The molecule has 2 amide bonds. The van der Waals surface area contributed by atoms with E-state index in [2.05, 4.69) is 17.2 Å². The number of methoxy groups -OCH3 is 1. The van der Waals surface area contributed by atoms with E-state index in [1.54, 1.807) is 12.0 Å². The Morgan fingerprint density at radius 3 is 2.66 bits per heavy atom. The van der Waals surface area contributed by atoms with Crippen LogP contribution in [-0.4, -0.2) is 61.7 Å². The van der Waals surface area contributed by atoms with Crippen LogP contribution in [0.3, 0.4) is 0 Å². The number of hydrogen-bond donors (Lipinski definition) is 1. The largest absolute Gasteiger partial charge is 0.497 e. The minimum Gasteiger partial charge on any atom is -0.497 e. The second kappa shape index (κ2) is 8.83. The molecule has 1 N–H and O–H groups in total. The van der Waals surface area contributed by atoms with Gasteiger partial charge in [0.15, 0.2) is 11.5 Å². The SMILES string of the molecule is COc1ccc2[nH]cc(C3CCN(C(=O)C4CC(=O)N(c5ccc6c(c5)OCCO6)C4)CC3)c2c1. The highest BCUT2D eigenvalue weighted by atomic mass is 16.6. The van der Waals surface area contributed by atoms with Gasteiger partial charge >= 0.3 is 0 Å². The Bertz CT molecular complexity index is 1280. The second-order valence-corrected chi connectivity index (χ2v) is 9.49. The van der Waals surface area contributed by atoms with E-state index in [9.17, 15) is 9.59 Å². The van der Waals surface area contributed by atoms with Gasteiger partial charge in [-0.3, -0.25) is 9.59 Å². The summed E-state index contributed by atoms with van der Waals surface area (Å²) in [5.74, 6) is 2.31. The molecule has 3 aliphatic heterocycles. The van der Waals surface area contributed by atoms with Crippen LogP contribution in [-0.2, 0) is 9.59 Å². The van der Waals surface area contributed by atoms with Crippen molar-refractivity contribution >= 4 is 28.4 Å². The summed E-state index contributed by atoms with van der Waals surface area (Å²) in [5, 5.41) is 1.19. The molecule has 2 aromatic carbocycles. The van der Waals surface area contributed by atoms with Crippen LogP contribution < -0.4 is 19.1 Å². The fourth-order valence-electron chi connectivity index (χ4n) is 5.58. The maximum Gasteiger partial charge on any atom is 0.228 e. The van der Waals surface area contributed by atoms with Gasteiger partial charge in [-0.05, 0) is 54.7 Å². The number of amides is 2. The third kappa shape index (κ3) is 3.96. The molecule has 6 rings (SSSR count). The minimum atomic E-state index is -0.315. The Morgan fingerprint density at radius 2 is 1.86 bits per heavy atom. The molecule has 0 bridgehead atoms. The van der Waals surface area contributed by atoms with Gasteiger partial charge in [-0.1, -0.05) is 0 Å². The molecule has 182 valence electrons. The highest BCUT2D eigenvalue weighted by molar-refractivity contribution is 6.00. The van der Waals surface area contributed by atoms with Gasteiger partial charge in [0.25, 0.3) is 0 Å². The van der Waals surface area contributed by atoms with Gasteiger partial charge in [0.05, 0.1) is 13.0 Å². The monoisotopic (exact) mass is 475 g/mol. The molecule has 8 nitrogen and oxygen atoms in total. The van der Waals surface area contributed by atoms with Crippen molar-refractivity contribution in [3.05, 3.63) is 48.2 Å². The van der Waals surface area contributed by atoms with Crippen molar-refractivity contribution in [1.82, 2.24) is 9.88 Å². The molecule has 35 heavy (non-hydrogen) atoms. The molecule has 2 saturated heterocycles. The van der Waals surface area contributed by atoms with E-state index in [1.165, 1.54) is 10.9 Å². The summed E-state index contributed by atoms with van der Waals surface area (Å²) in [7, 11) is 1.68. The lowest BCUT2D eigenvalue weighted by molar-refractivity contribution is -0.136. The number of ether oxygens (including phenoxy) is 3. The first-order valence-electron chi connectivity index (χ1n) is 12.2. The van der Waals surface area contributed by atoms with Gasteiger partial charge in [-0.25, -0.2) is 0 Å². The molecule has 0 radical (unpaired) electrons. The number of nitrogens with one attached hydrogen (secondary N) is 1. The van der Waals surface area contributed by atoms with Gasteiger partial charge in [0.1, 0.15) is 19.0 Å². The van der Waals surface area contributed by atoms with E-state index in [-0.39, 0.29) is 24.2 Å². The first kappa shape index (κ1) is 21.8. The average molecular weight is 476 g/mol. The number of benzene rings is 2. The fourth-order valence-corrected chi connectivity index (χ4v) is 5.58. The van der Waals surface area contributed by atoms with Crippen LogP contribution in [0.15, 0.2) is 42.6 Å². The molecule has 1 atom stereocenters. The molecule has 4 heterocycles. The zero-order chi connectivity index (χ0) is 23.9. The number of carbonyl (C=O) groups is 2. The molecular weight excluding hydrogens is 446 g/mol. The molecule has 3 aromatic rings. The van der Waals surface area contributed by atoms with E-state index >= 15 is 0 Å². The van der Waals surface area contributed by atoms with Crippen molar-refractivity contribution in [1.29, 1.82) is 0 Å². The van der Waals surface area contributed by atoms with Crippen LogP contribution in [0.2, 0.25) is 0 Å². The van der Waals surface area contributed by atoms with Crippen molar-refractivity contribution in [2.75, 3.05) is 44.9 Å². The number of likely N-dealkylation sites (tertiary alicyclic amines) is 1. The van der Waals surface area contributed by atoms with Crippen molar-refractivity contribution in [3.63, 3.8) is 0 Å². The molecule has 1 aromatic heterocycles. The average Bonchev–Trinajstić information content (AvgIpc) is 3.51. The minimum absolute atomic E-state index is 0.0253. The topological polar surface area (TPSA) is 84.1 Å². The van der Waals surface area contributed by atoms with Gasteiger partial charge in [0, 0.05) is 54.9 Å². The molecule has 0 aliphatic carbocycles. The number of H-pyrrole nitrogens is 1. The highest BCUT2D eigenvalue weighted by Gasteiger charge is 2.38. The van der Waals surface area contributed by atoms with Crippen molar-refractivity contribution in [2.45, 2.75) is 25.2 Å². The van der Waals surface area contributed by atoms with E-state index < -0.39 is 0 Å². The number of fused-ring (bicyclic) bond motifs is 2. The summed E-state index contributed by atoms with van der Waals surface area (Å²) in [4.78, 5) is 33.1. The van der Waals surface area contributed by atoms with Crippen LogP contribution in [0.25, 0.3) is 10.9 Å². The van der Waals surface area contributed by atoms with Crippen LogP contribution in [0, 0.1) is 5.92 Å². The Kier molecular flexibility index (Phi) is 5.51. The summed E-state index contributed by atoms with van der Waals surface area (Å²) in [5.41, 5.74) is 3.14. The van der Waals surface area contributed by atoms with Crippen LogP contribution in [0.5, 0.6) is 17.2 Å². The van der Waals surface area contributed by atoms with E-state index in [1.807, 2.05) is 35.2 Å². The third-order valence-corrected chi connectivity index (χ3v) is 7.48. The fraction of sp³-hybridized carbons (Fsp3) is 0.407. The van der Waals surface area contributed by atoms with Gasteiger partial charge in [0.2, 0.25) is 11.8 Å². The number of aromatic amines is 1. The summed E-state index contributed by atoms with van der Waals surface area (Å²) in [6.07, 6.45) is 4.15. The van der Waals surface area contributed by atoms with Crippen LogP contribution in [0.1, 0.15) is 30.7 Å². The summed E-state index contributed by atoms with van der Waals surface area (Å²) in [6.45, 7) is 2.83. The number of rotatable bonds is 4. The van der Waals surface area contributed by atoms with Crippen molar-refractivity contribution < 1.29 is 23.8 Å². The third-order valence-electron chi connectivity index (χ3n) is 7.48. The van der Waals surface area contributed by atoms with E-state index in [0.717, 1.165) is 29.8 Å². The van der Waals surface area contributed by atoms with Crippen LogP contribution >= 0.6 is 0 Å². The maximum atomic E-state index is 13.3. The maximum absolute atomic E-state index is 13.3. The molecule has 0 saturated carbocycles. The Balaban J connectivity index is 1.11. The normalized spacial score (nSPS) is 20.5. The Morgan fingerprint density at radius 1 is 1.06 bits per heavy atom. The number of piperidine rings is 1. The number of anilines is 1. The zero-order valence-electron chi connectivity index (χ0n) is 19.8. The van der Waals surface area contributed by atoms with Gasteiger partial charge in [-0.15, -0.1) is 0 Å². The first-order valence-corrected chi connectivity index (χ1v) is 12.2. The smallest absolute Gasteiger partial charge is 0.228 e. The number of nitrogens with zero attached hydrogens (tertiary/aromatic N) is 2. The molecular formula is C27H29N3O5. The highest BCUT2D eigenvalue weighted by Crippen LogP contribution is 2.38. The molecule has 3 aliphatic rings. The Hall–Kier alpha value is -3.68. The predicted molar refractivity (Wildman–Crippen MR) is 131 cm³/mol. The van der Waals surface area contributed by atoms with Crippen molar-refractivity contribution in [3.8, 4) is 17.2 Å². The molecule has 8 heteroatoms. The number of aromatic nitrogens is 1. The van der Waals surface area contributed by atoms with Gasteiger partial charge in [-0.2, -0.15) is 0 Å². The molecule has 0 spiro atoms. The van der Waals surface area contributed by atoms with Crippen molar-refractivity contribution in [2.24, 2.45) is 5.92 Å². The molecule has 2 fully saturated rings. The lowest BCUT2D eigenvalue weighted by Crippen LogP contribution is -2.42. The van der Waals surface area contributed by atoms with E-state index in [0.29, 0.717) is 50.3 Å². The quantitative estimate of drug-likeness (QED) is 0.622. The standard InChI is InChI=1S/C27H29N3O5/c1-33-20-3-4-23-21(14-20)22(15-28-23)17-6-8-29(9-7-17)27(32)18-12-26(31)30(16-18)19-2-5-24-25(13-19)35-11-10-34-24/h2-5,13-15,17-18,28H,6-12,16H2,1H3. The molecule has 1 unspecified atom stereocenters. The summed E-state index contributed by atoms with van der Waals surface area (Å²) < 4.78 is 16.6. The second-order valence-electron chi connectivity index (χ2n) is 9.49. The van der Waals surface area contributed by atoms with Gasteiger partial charge < -0.3 is 29.0 Å². The first-order chi connectivity index (χ1) is 17.1. The predicted octanol–water partition coefficient (Wildman–Crippen LogP) is 3.71. The van der Waals surface area contributed by atoms with E-state index in [4.69, 9.17) is 14.2 Å². The van der Waals surface area contributed by atoms with Crippen LogP contribution in [0.4, 0.5) is 5.69 Å². The lowest BCUT2D eigenvalue weighted by atomic mass is 9.88. The summed E-state index contributed by atoms with van der Waals surface area (Å²) in [6, 6.07) is 11.6.